The highest BCUT2D eigenvalue weighted by atomic mass is 19.1. The van der Waals surface area contributed by atoms with E-state index in [9.17, 15) is 9.18 Å². The van der Waals surface area contributed by atoms with E-state index in [1.807, 2.05) is 31.2 Å². The quantitative estimate of drug-likeness (QED) is 0.884. The molecule has 0 fully saturated rings. The van der Waals surface area contributed by atoms with Crippen molar-refractivity contribution < 1.29 is 14.3 Å². The number of halogens is 1. The van der Waals surface area contributed by atoms with Crippen molar-refractivity contribution in [2.24, 2.45) is 0 Å². The lowest BCUT2D eigenvalue weighted by molar-refractivity contribution is 0.0692. The maximum atomic E-state index is 13.5. The van der Waals surface area contributed by atoms with E-state index in [0.717, 1.165) is 11.3 Å². The van der Waals surface area contributed by atoms with E-state index in [4.69, 9.17) is 5.11 Å². The van der Waals surface area contributed by atoms with Gasteiger partial charge in [-0.2, -0.15) is 0 Å². The van der Waals surface area contributed by atoms with Crippen LogP contribution in [0, 0.1) is 12.7 Å². The van der Waals surface area contributed by atoms with Gasteiger partial charge in [-0.3, -0.25) is 0 Å². The van der Waals surface area contributed by atoms with Gasteiger partial charge in [-0.1, -0.05) is 18.2 Å². The SMILES string of the molecule is Cc1cccc(NCc2ccc(C(=O)O)c(F)c2)c1. The van der Waals surface area contributed by atoms with Crippen LogP contribution >= 0.6 is 0 Å². The van der Waals surface area contributed by atoms with Crippen LogP contribution in [-0.2, 0) is 6.54 Å². The van der Waals surface area contributed by atoms with Gasteiger partial charge in [0, 0.05) is 12.2 Å². The second-order valence-electron chi connectivity index (χ2n) is 4.34. The van der Waals surface area contributed by atoms with Crippen LogP contribution in [0.1, 0.15) is 21.5 Å². The minimum absolute atomic E-state index is 0.306. The zero-order valence-electron chi connectivity index (χ0n) is 10.5. The molecule has 19 heavy (non-hydrogen) atoms. The Morgan fingerprint density at radius 2 is 2.05 bits per heavy atom. The zero-order chi connectivity index (χ0) is 13.8. The lowest BCUT2D eigenvalue weighted by Gasteiger charge is -2.08. The molecule has 0 saturated carbocycles. The zero-order valence-corrected chi connectivity index (χ0v) is 10.5. The van der Waals surface area contributed by atoms with Gasteiger partial charge in [-0.15, -0.1) is 0 Å². The number of aromatic carboxylic acids is 1. The molecule has 2 aromatic rings. The summed E-state index contributed by atoms with van der Waals surface area (Å²) < 4.78 is 13.5. The average molecular weight is 259 g/mol. The lowest BCUT2D eigenvalue weighted by atomic mass is 10.1. The number of aryl methyl sites for hydroxylation is 1. The molecule has 2 aromatic carbocycles. The van der Waals surface area contributed by atoms with Crippen LogP contribution in [-0.4, -0.2) is 11.1 Å². The van der Waals surface area contributed by atoms with Gasteiger partial charge < -0.3 is 10.4 Å². The first-order valence-electron chi connectivity index (χ1n) is 5.88. The molecule has 3 nitrogen and oxygen atoms in total. The predicted octanol–water partition coefficient (Wildman–Crippen LogP) is 3.44. The standard InChI is InChI=1S/C15H14FNO2/c1-10-3-2-4-12(7-10)17-9-11-5-6-13(15(18)19)14(16)8-11/h2-8,17H,9H2,1H3,(H,18,19). The van der Waals surface area contributed by atoms with Crippen LogP contribution in [0.4, 0.5) is 10.1 Å². The molecule has 0 aliphatic rings. The third kappa shape index (κ3) is 3.31. The van der Waals surface area contributed by atoms with Gasteiger partial charge in [0.1, 0.15) is 5.82 Å². The number of anilines is 1. The Balaban J connectivity index is 2.08. The summed E-state index contributed by atoms with van der Waals surface area (Å²) >= 11 is 0. The van der Waals surface area contributed by atoms with Gasteiger partial charge in [0.05, 0.1) is 5.56 Å². The molecular formula is C15H14FNO2. The number of rotatable bonds is 4. The molecule has 4 heteroatoms. The van der Waals surface area contributed by atoms with E-state index < -0.39 is 11.8 Å². The number of carboxylic acids is 1. The first-order chi connectivity index (χ1) is 9.06. The fraction of sp³-hybridized carbons (Fsp3) is 0.133. The van der Waals surface area contributed by atoms with Gasteiger partial charge in [-0.05, 0) is 42.3 Å². The third-order valence-corrected chi connectivity index (χ3v) is 2.78. The molecule has 0 saturated heterocycles. The largest absolute Gasteiger partial charge is 0.478 e. The summed E-state index contributed by atoms with van der Waals surface area (Å²) in [6.07, 6.45) is 0. The summed E-state index contributed by atoms with van der Waals surface area (Å²) in [6, 6.07) is 12.0. The van der Waals surface area contributed by atoms with Crippen LogP contribution in [0.5, 0.6) is 0 Å². The van der Waals surface area contributed by atoms with Crippen molar-refractivity contribution in [3.8, 4) is 0 Å². The lowest BCUT2D eigenvalue weighted by Crippen LogP contribution is -2.04. The molecule has 98 valence electrons. The smallest absolute Gasteiger partial charge is 0.338 e. The van der Waals surface area contributed by atoms with Crippen molar-refractivity contribution in [2.45, 2.75) is 13.5 Å². The van der Waals surface area contributed by atoms with Crippen molar-refractivity contribution in [1.82, 2.24) is 0 Å². The molecule has 0 aromatic heterocycles. The van der Waals surface area contributed by atoms with Crippen LogP contribution in [0.15, 0.2) is 42.5 Å². The van der Waals surface area contributed by atoms with Crippen molar-refractivity contribution in [1.29, 1.82) is 0 Å². The number of carbonyl (C=O) groups is 1. The minimum atomic E-state index is -1.25. The summed E-state index contributed by atoms with van der Waals surface area (Å²) in [4.78, 5) is 10.7. The van der Waals surface area contributed by atoms with Gasteiger partial charge in [-0.25, -0.2) is 9.18 Å². The predicted molar refractivity (Wildman–Crippen MR) is 71.9 cm³/mol. The Kier molecular flexibility index (Phi) is 3.80. The summed E-state index contributed by atoms with van der Waals surface area (Å²) in [5.41, 5.74) is 2.48. The topological polar surface area (TPSA) is 49.3 Å². The summed E-state index contributed by atoms with van der Waals surface area (Å²) in [7, 11) is 0. The van der Waals surface area contributed by atoms with Crippen molar-refractivity contribution in [2.75, 3.05) is 5.32 Å². The molecule has 0 unspecified atom stereocenters. The second-order valence-corrected chi connectivity index (χ2v) is 4.34. The van der Waals surface area contributed by atoms with Crippen LogP contribution in [0.2, 0.25) is 0 Å². The molecule has 0 aliphatic heterocycles. The normalized spacial score (nSPS) is 10.2. The van der Waals surface area contributed by atoms with Gasteiger partial charge >= 0.3 is 5.97 Å². The summed E-state index contributed by atoms with van der Waals surface area (Å²) in [5.74, 6) is -1.97. The highest BCUT2D eigenvalue weighted by Crippen LogP contribution is 2.14. The molecule has 0 radical (unpaired) electrons. The molecule has 0 amide bonds. The number of carboxylic acid groups (broad SMARTS) is 1. The average Bonchev–Trinajstić information content (AvgIpc) is 2.36. The highest BCUT2D eigenvalue weighted by molar-refractivity contribution is 5.87. The van der Waals surface area contributed by atoms with Crippen LogP contribution < -0.4 is 5.32 Å². The number of hydrogen-bond acceptors (Lipinski definition) is 2. The number of nitrogens with one attached hydrogen (secondary N) is 1. The Hall–Kier alpha value is -2.36. The van der Waals surface area contributed by atoms with Crippen molar-refractivity contribution in [3.63, 3.8) is 0 Å². The Bertz CT molecular complexity index is 611. The van der Waals surface area contributed by atoms with E-state index in [1.54, 1.807) is 6.07 Å². The molecule has 0 bridgehead atoms. The van der Waals surface area contributed by atoms with Crippen LogP contribution in [0.25, 0.3) is 0 Å². The minimum Gasteiger partial charge on any atom is -0.478 e. The fourth-order valence-corrected chi connectivity index (χ4v) is 1.80. The van der Waals surface area contributed by atoms with Crippen molar-refractivity contribution >= 4 is 11.7 Å². The summed E-state index contributed by atoms with van der Waals surface area (Å²) in [6.45, 7) is 2.44. The molecule has 0 atom stereocenters. The monoisotopic (exact) mass is 259 g/mol. The first-order valence-corrected chi connectivity index (χ1v) is 5.88. The molecular weight excluding hydrogens is 245 g/mol. The maximum absolute atomic E-state index is 13.5. The van der Waals surface area contributed by atoms with E-state index >= 15 is 0 Å². The third-order valence-electron chi connectivity index (χ3n) is 2.78. The Labute approximate surface area is 110 Å². The first kappa shape index (κ1) is 13.1. The van der Waals surface area contributed by atoms with Gasteiger partial charge in [0.25, 0.3) is 0 Å². The van der Waals surface area contributed by atoms with E-state index in [0.29, 0.717) is 12.1 Å². The molecule has 2 rings (SSSR count). The molecule has 0 heterocycles. The van der Waals surface area contributed by atoms with Crippen LogP contribution in [0.3, 0.4) is 0 Å². The number of benzene rings is 2. The van der Waals surface area contributed by atoms with E-state index in [2.05, 4.69) is 5.32 Å². The highest BCUT2D eigenvalue weighted by Gasteiger charge is 2.10. The summed E-state index contributed by atoms with van der Waals surface area (Å²) in [5, 5.41) is 11.9. The molecule has 0 spiro atoms. The maximum Gasteiger partial charge on any atom is 0.338 e. The van der Waals surface area contributed by atoms with E-state index in [1.165, 1.54) is 12.1 Å². The Morgan fingerprint density at radius 3 is 2.68 bits per heavy atom. The molecule has 0 aliphatic carbocycles. The van der Waals surface area contributed by atoms with Gasteiger partial charge in [0.2, 0.25) is 0 Å². The molecule has 2 N–H and O–H groups in total. The second kappa shape index (κ2) is 5.52. The number of hydrogen-bond donors (Lipinski definition) is 2. The van der Waals surface area contributed by atoms with E-state index in [-0.39, 0.29) is 5.56 Å². The van der Waals surface area contributed by atoms with Crippen molar-refractivity contribution in [3.05, 3.63) is 65.0 Å². The van der Waals surface area contributed by atoms with Gasteiger partial charge in [0.15, 0.2) is 0 Å². The Morgan fingerprint density at radius 1 is 1.26 bits per heavy atom. The fourth-order valence-electron chi connectivity index (χ4n) is 1.80.